The number of nitrogens with one attached hydrogen (secondary N) is 1. The Hall–Kier alpha value is -2.86. The van der Waals surface area contributed by atoms with Crippen molar-refractivity contribution in [2.75, 3.05) is 19.6 Å². The maximum atomic E-state index is 13.0. The van der Waals surface area contributed by atoms with E-state index in [9.17, 15) is 9.59 Å². The maximum Gasteiger partial charge on any atom is 0.252 e. The lowest BCUT2D eigenvalue weighted by molar-refractivity contribution is -0.133. The van der Waals surface area contributed by atoms with Crippen molar-refractivity contribution in [2.45, 2.75) is 32.7 Å². The van der Waals surface area contributed by atoms with Gasteiger partial charge in [-0.05, 0) is 43.0 Å². The van der Waals surface area contributed by atoms with Crippen molar-refractivity contribution >= 4 is 34.4 Å². The van der Waals surface area contributed by atoms with Crippen LogP contribution in [0.15, 0.2) is 48.5 Å². The number of aromatic nitrogens is 2. The number of hydrogen-bond acceptors (Lipinski definition) is 3. The molecule has 2 heterocycles. The number of carbonyl (C=O) groups is 2. The van der Waals surface area contributed by atoms with Gasteiger partial charge in [0.25, 0.3) is 5.91 Å². The number of imidazole rings is 1. The van der Waals surface area contributed by atoms with Crippen molar-refractivity contribution in [3.8, 4) is 0 Å². The van der Waals surface area contributed by atoms with E-state index in [-0.39, 0.29) is 18.4 Å². The van der Waals surface area contributed by atoms with Gasteiger partial charge in [-0.25, -0.2) is 4.98 Å². The summed E-state index contributed by atoms with van der Waals surface area (Å²) in [5, 5.41) is 3.33. The Morgan fingerprint density at radius 3 is 2.58 bits per heavy atom. The van der Waals surface area contributed by atoms with Crippen LogP contribution < -0.4 is 5.32 Å². The molecule has 0 aliphatic carbocycles. The molecule has 1 N–H and O–H groups in total. The highest BCUT2D eigenvalue weighted by molar-refractivity contribution is 6.33. The average molecular weight is 439 g/mol. The van der Waals surface area contributed by atoms with Gasteiger partial charge in [0, 0.05) is 26.1 Å². The third-order valence-corrected chi connectivity index (χ3v) is 6.25. The molecular formula is C24H27ClN4O2. The van der Waals surface area contributed by atoms with Crippen molar-refractivity contribution in [3.05, 3.63) is 64.9 Å². The van der Waals surface area contributed by atoms with E-state index in [1.807, 2.05) is 33.7 Å². The molecule has 2 amide bonds. The predicted molar refractivity (Wildman–Crippen MR) is 122 cm³/mol. The van der Waals surface area contributed by atoms with Crippen molar-refractivity contribution in [1.82, 2.24) is 19.8 Å². The summed E-state index contributed by atoms with van der Waals surface area (Å²) in [5.74, 6) is 1.37. The minimum Gasteiger partial charge on any atom is -0.352 e. The lowest BCUT2D eigenvalue weighted by Gasteiger charge is -2.30. The Labute approximate surface area is 187 Å². The molecule has 31 heavy (non-hydrogen) atoms. The lowest BCUT2D eigenvalue weighted by Crippen LogP contribution is -2.40. The predicted octanol–water partition coefficient (Wildman–Crippen LogP) is 3.92. The van der Waals surface area contributed by atoms with E-state index in [0.29, 0.717) is 29.5 Å². The molecule has 1 fully saturated rings. The smallest absolute Gasteiger partial charge is 0.252 e. The fraction of sp³-hybridized carbons (Fsp3) is 0.375. The van der Waals surface area contributed by atoms with E-state index in [1.165, 1.54) is 0 Å². The number of rotatable bonds is 6. The second kappa shape index (κ2) is 9.52. The van der Waals surface area contributed by atoms with Gasteiger partial charge in [0.1, 0.15) is 12.4 Å². The second-order valence-corrected chi connectivity index (χ2v) is 8.56. The van der Waals surface area contributed by atoms with E-state index < -0.39 is 0 Å². The number of para-hydroxylation sites is 2. The van der Waals surface area contributed by atoms with Crippen LogP contribution in [0.4, 0.5) is 0 Å². The Bertz CT molecular complexity index is 1090. The third-order valence-electron chi connectivity index (χ3n) is 5.92. The van der Waals surface area contributed by atoms with E-state index in [2.05, 4.69) is 12.2 Å². The van der Waals surface area contributed by atoms with Gasteiger partial charge in [-0.15, -0.1) is 0 Å². The van der Waals surface area contributed by atoms with Gasteiger partial charge in [-0.3, -0.25) is 9.59 Å². The minimum absolute atomic E-state index is 0.122. The SMILES string of the molecule is CC1CCN(C(=O)Cn2c(CCNC(=O)c3ccccc3Cl)nc3ccccc32)CC1. The van der Waals surface area contributed by atoms with Crippen LogP contribution in [-0.4, -0.2) is 45.9 Å². The Balaban J connectivity index is 1.47. The zero-order chi connectivity index (χ0) is 21.8. The van der Waals surface area contributed by atoms with Gasteiger partial charge in [0.15, 0.2) is 0 Å². The molecule has 1 saturated heterocycles. The van der Waals surface area contributed by atoms with Gasteiger partial charge in [0.2, 0.25) is 5.91 Å². The molecule has 2 aromatic carbocycles. The van der Waals surface area contributed by atoms with Crippen molar-refractivity contribution in [1.29, 1.82) is 0 Å². The fourth-order valence-electron chi connectivity index (χ4n) is 4.01. The minimum atomic E-state index is -0.216. The first kappa shape index (κ1) is 21.4. The lowest BCUT2D eigenvalue weighted by atomic mass is 9.99. The molecule has 7 heteroatoms. The third kappa shape index (κ3) is 4.90. The number of fused-ring (bicyclic) bond motifs is 1. The van der Waals surface area contributed by atoms with E-state index in [4.69, 9.17) is 16.6 Å². The molecular weight excluding hydrogens is 412 g/mol. The summed E-state index contributed by atoms with van der Waals surface area (Å²) in [6.45, 7) is 4.54. The van der Waals surface area contributed by atoms with Crippen LogP contribution in [0.1, 0.15) is 35.9 Å². The van der Waals surface area contributed by atoms with E-state index in [0.717, 1.165) is 42.8 Å². The summed E-state index contributed by atoms with van der Waals surface area (Å²) in [7, 11) is 0. The largest absolute Gasteiger partial charge is 0.352 e. The first-order valence-corrected chi connectivity index (χ1v) is 11.2. The molecule has 0 unspecified atom stereocenters. The van der Waals surface area contributed by atoms with E-state index >= 15 is 0 Å². The standard InChI is InChI=1S/C24H27ClN4O2/c1-17-11-14-28(15-12-17)23(30)16-29-21-9-5-4-8-20(21)27-22(29)10-13-26-24(31)18-6-2-3-7-19(18)25/h2-9,17H,10-16H2,1H3,(H,26,31). The zero-order valence-corrected chi connectivity index (χ0v) is 18.4. The van der Waals surface area contributed by atoms with Crippen LogP contribution in [-0.2, 0) is 17.8 Å². The number of likely N-dealkylation sites (tertiary alicyclic amines) is 1. The van der Waals surface area contributed by atoms with E-state index in [1.54, 1.807) is 24.3 Å². The monoisotopic (exact) mass is 438 g/mol. The summed E-state index contributed by atoms with van der Waals surface area (Å²) in [6, 6.07) is 14.8. The molecule has 1 aliphatic heterocycles. The summed E-state index contributed by atoms with van der Waals surface area (Å²) < 4.78 is 1.98. The number of piperidine rings is 1. The first-order valence-electron chi connectivity index (χ1n) is 10.8. The molecule has 0 radical (unpaired) electrons. The molecule has 0 spiro atoms. The molecule has 1 aromatic heterocycles. The molecule has 0 saturated carbocycles. The van der Waals surface area contributed by atoms with Gasteiger partial charge in [-0.1, -0.05) is 42.8 Å². The number of benzene rings is 2. The molecule has 0 atom stereocenters. The van der Waals surface area contributed by atoms with Crippen molar-refractivity contribution in [2.24, 2.45) is 5.92 Å². The van der Waals surface area contributed by atoms with Gasteiger partial charge >= 0.3 is 0 Å². The van der Waals surface area contributed by atoms with Crippen molar-refractivity contribution in [3.63, 3.8) is 0 Å². The van der Waals surface area contributed by atoms with Crippen LogP contribution in [0.2, 0.25) is 5.02 Å². The zero-order valence-electron chi connectivity index (χ0n) is 17.7. The molecule has 1 aliphatic rings. The molecule has 6 nitrogen and oxygen atoms in total. The topological polar surface area (TPSA) is 67.2 Å². The van der Waals surface area contributed by atoms with Gasteiger partial charge in [-0.2, -0.15) is 0 Å². The number of hydrogen-bond donors (Lipinski definition) is 1. The fourth-order valence-corrected chi connectivity index (χ4v) is 4.24. The normalized spacial score (nSPS) is 14.7. The summed E-state index contributed by atoms with van der Waals surface area (Å²) in [6.07, 6.45) is 2.63. The molecule has 0 bridgehead atoms. The Morgan fingerprint density at radius 2 is 1.81 bits per heavy atom. The first-order chi connectivity index (χ1) is 15.0. The van der Waals surface area contributed by atoms with Gasteiger partial charge < -0.3 is 14.8 Å². The van der Waals surface area contributed by atoms with Crippen LogP contribution in [0.5, 0.6) is 0 Å². The summed E-state index contributed by atoms with van der Waals surface area (Å²) in [5.41, 5.74) is 2.25. The highest BCUT2D eigenvalue weighted by Crippen LogP contribution is 2.20. The highest BCUT2D eigenvalue weighted by Gasteiger charge is 2.22. The number of carbonyl (C=O) groups excluding carboxylic acids is 2. The van der Waals surface area contributed by atoms with Crippen LogP contribution in [0.3, 0.4) is 0 Å². The van der Waals surface area contributed by atoms with Crippen LogP contribution >= 0.6 is 11.6 Å². The number of nitrogens with zero attached hydrogens (tertiary/aromatic N) is 3. The highest BCUT2D eigenvalue weighted by atomic mass is 35.5. The summed E-state index contributed by atoms with van der Waals surface area (Å²) >= 11 is 6.11. The molecule has 162 valence electrons. The average Bonchev–Trinajstić information content (AvgIpc) is 3.11. The van der Waals surface area contributed by atoms with Crippen LogP contribution in [0, 0.1) is 5.92 Å². The molecule has 3 aromatic rings. The quantitative estimate of drug-likeness (QED) is 0.634. The second-order valence-electron chi connectivity index (χ2n) is 8.15. The maximum absolute atomic E-state index is 13.0. The number of halogens is 1. The molecule has 4 rings (SSSR count). The van der Waals surface area contributed by atoms with Crippen molar-refractivity contribution < 1.29 is 9.59 Å². The Kier molecular flexibility index (Phi) is 6.56. The Morgan fingerprint density at radius 1 is 1.10 bits per heavy atom. The van der Waals surface area contributed by atoms with Crippen LogP contribution in [0.25, 0.3) is 11.0 Å². The number of amides is 2. The van der Waals surface area contributed by atoms with Gasteiger partial charge in [0.05, 0.1) is 21.6 Å². The summed E-state index contributed by atoms with van der Waals surface area (Å²) in [4.78, 5) is 32.1.